The molecule has 4 rings (SSSR count). The third kappa shape index (κ3) is 1.72. The molecule has 108 valence electrons. The number of rotatable bonds is 1. The van der Waals surface area contributed by atoms with Gasteiger partial charge in [0.25, 0.3) is 0 Å². The van der Waals surface area contributed by atoms with E-state index in [1.165, 1.54) is 22.3 Å². The van der Waals surface area contributed by atoms with Gasteiger partial charge in [-0.2, -0.15) is 0 Å². The number of aromatic hydroxyl groups is 1. The lowest BCUT2D eigenvalue weighted by Crippen LogP contribution is -2.14. The SMILES string of the molecule is CC1(C)c2ccccc2-c2cc(-c3ccccc3)c(O)cc21. The largest absolute Gasteiger partial charge is 0.507 e. The van der Waals surface area contributed by atoms with Gasteiger partial charge in [0.2, 0.25) is 0 Å². The van der Waals surface area contributed by atoms with Crippen LogP contribution < -0.4 is 0 Å². The van der Waals surface area contributed by atoms with Crippen LogP contribution in [0.15, 0.2) is 66.7 Å². The number of phenols is 1. The molecule has 0 bridgehead atoms. The van der Waals surface area contributed by atoms with Gasteiger partial charge in [-0.25, -0.2) is 0 Å². The Labute approximate surface area is 130 Å². The standard InChI is InChI=1S/C21H18O/c1-21(2)18-11-7-6-10-15(18)17-12-16(20(22)13-19(17)21)14-8-4-3-5-9-14/h3-13,22H,1-2H3. The van der Waals surface area contributed by atoms with Gasteiger partial charge in [-0.15, -0.1) is 0 Å². The number of hydrogen-bond acceptors (Lipinski definition) is 1. The van der Waals surface area contributed by atoms with Gasteiger partial charge in [0.1, 0.15) is 5.75 Å². The third-order valence-corrected chi connectivity index (χ3v) is 4.78. The van der Waals surface area contributed by atoms with Crippen molar-refractivity contribution in [2.75, 3.05) is 0 Å². The summed E-state index contributed by atoms with van der Waals surface area (Å²) in [4.78, 5) is 0. The first-order valence-electron chi connectivity index (χ1n) is 7.62. The van der Waals surface area contributed by atoms with Crippen LogP contribution >= 0.6 is 0 Å². The van der Waals surface area contributed by atoms with E-state index in [9.17, 15) is 5.11 Å². The molecule has 1 aliphatic carbocycles. The van der Waals surface area contributed by atoms with Gasteiger partial charge < -0.3 is 5.11 Å². The van der Waals surface area contributed by atoms with Crippen LogP contribution in [0.25, 0.3) is 22.3 Å². The smallest absolute Gasteiger partial charge is 0.123 e. The summed E-state index contributed by atoms with van der Waals surface area (Å²) in [6.07, 6.45) is 0. The highest BCUT2D eigenvalue weighted by Crippen LogP contribution is 2.51. The van der Waals surface area contributed by atoms with E-state index in [4.69, 9.17) is 0 Å². The van der Waals surface area contributed by atoms with Crippen molar-refractivity contribution < 1.29 is 5.11 Å². The van der Waals surface area contributed by atoms with Gasteiger partial charge in [-0.1, -0.05) is 68.4 Å². The minimum Gasteiger partial charge on any atom is -0.507 e. The zero-order valence-electron chi connectivity index (χ0n) is 12.8. The summed E-state index contributed by atoms with van der Waals surface area (Å²) in [5.74, 6) is 0.353. The van der Waals surface area contributed by atoms with Crippen LogP contribution in [-0.4, -0.2) is 5.11 Å². The molecule has 0 aromatic heterocycles. The van der Waals surface area contributed by atoms with Gasteiger partial charge in [0.15, 0.2) is 0 Å². The number of phenolic OH excluding ortho intramolecular Hbond substituents is 1. The van der Waals surface area contributed by atoms with Crippen molar-refractivity contribution >= 4 is 0 Å². The quantitative estimate of drug-likeness (QED) is 0.638. The van der Waals surface area contributed by atoms with Gasteiger partial charge in [-0.05, 0) is 39.9 Å². The molecule has 0 aliphatic heterocycles. The number of hydrogen-bond donors (Lipinski definition) is 1. The van der Waals surface area contributed by atoms with E-state index in [1.807, 2.05) is 36.4 Å². The summed E-state index contributed by atoms with van der Waals surface area (Å²) < 4.78 is 0. The molecule has 1 nitrogen and oxygen atoms in total. The van der Waals surface area contributed by atoms with Crippen LogP contribution in [0.5, 0.6) is 5.75 Å². The predicted molar refractivity (Wildman–Crippen MR) is 91.1 cm³/mol. The zero-order chi connectivity index (χ0) is 15.3. The summed E-state index contributed by atoms with van der Waals surface area (Å²) in [5, 5.41) is 10.5. The summed E-state index contributed by atoms with van der Waals surface area (Å²) in [6.45, 7) is 4.44. The topological polar surface area (TPSA) is 20.2 Å². The molecule has 3 aromatic carbocycles. The minimum atomic E-state index is -0.0708. The van der Waals surface area contributed by atoms with E-state index in [0.717, 1.165) is 11.1 Å². The first-order valence-corrected chi connectivity index (χ1v) is 7.62. The van der Waals surface area contributed by atoms with E-state index < -0.39 is 0 Å². The van der Waals surface area contributed by atoms with Gasteiger partial charge in [0.05, 0.1) is 0 Å². The summed E-state index contributed by atoms with van der Waals surface area (Å²) >= 11 is 0. The highest BCUT2D eigenvalue weighted by atomic mass is 16.3. The molecule has 0 heterocycles. The Balaban J connectivity index is 2.01. The molecule has 22 heavy (non-hydrogen) atoms. The van der Waals surface area contributed by atoms with Crippen LogP contribution in [0.3, 0.4) is 0 Å². The van der Waals surface area contributed by atoms with E-state index in [-0.39, 0.29) is 5.41 Å². The highest BCUT2D eigenvalue weighted by Gasteiger charge is 2.35. The van der Waals surface area contributed by atoms with Crippen LogP contribution in [0.4, 0.5) is 0 Å². The van der Waals surface area contributed by atoms with Gasteiger partial charge in [0, 0.05) is 11.0 Å². The molecule has 0 unspecified atom stereocenters. The molecule has 0 amide bonds. The maximum Gasteiger partial charge on any atom is 0.123 e. The lowest BCUT2D eigenvalue weighted by atomic mass is 9.82. The van der Waals surface area contributed by atoms with E-state index in [2.05, 4.69) is 44.2 Å². The Hall–Kier alpha value is -2.54. The normalized spacial score (nSPS) is 14.5. The van der Waals surface area contributed by atoms with Crippen molar-refractivity contribution in [3.63, 3.8) is 0 Å². The second kappa shape index (κ2) is 4.48. The van der Waals surface area contributed by atoms with Crippen LogP contribution in [0, 0.1) is 0 Å². The predicted octanol–water partition coefficient (Wildman–Crippen LogP) is 5.37. The van der Waals surface area contributed by atoms with Crippen LogP contribution in [0.1, 0.15) is 25.0 Å². The maximum atomic E-state index is 10.5. The Morgan fingerprint density at radius 2 is 1.36 bits per heavy atom. The molecule has 0 radical (unpaired) electrons. The van der Waals surface area contributed by atoms with Crippen molar-refractivity contribution in [3.8, 4) is 28.0 Å². The number of benzene rings is 3. The van der Waals surface area contributed by atoms with Crippen LogP contribution in [-0.2, 0) is 5.41 Å². The maximum absolute atomic E-state index is 10.5. The van der Waals surface area contributed by atoms with E-state index >= 15 is 0 Å². The second-order valence-corrected chi connectivity index (χ2v) is 6.45. The fourth-order valence-electron chi connectivity index (χ4n) is 3.59. The third-order valence-electron chi connectivity index (χ3n) is 4.78. The molecule has 1 N–H and O–H groups in total. The lowest BCUT2D eigenvalue weighted by molar-refractivity contribution is 0.475. The van der Waals surface area contributed by atoms with Crippen molar-refractivity contribution in [1.29, 1.82) is 0 Å². The summed E-state index contributed by atoms with van der Waals surface area (Å²) in [7, 11) is 0. The monoisotopic (exact) mass is 286 g/mol. The van der Waals surface area contributed by atoms with Gasteiger partial charge in [-0.3, -0.25) is 0 Å². The Bertz CT molecular complexity index is 860. The van der Waals surface area contributed by atoms with Crippen molar-refractivity contribution in [3.05, 3.63) is 77.9 Å². The van der Waals surface area contributed by atoms with Crippen LogP contribution in [0.2, 0.25) is 0 Å². The molecule has 1 heteroatoms. The zero-order valence-corrected chi connectivity index (χ0v) is 12.8. The first-order chi connectivity index (χ1) is 10.6. The molecular weight excluding hydrogens is 268 g/mol. The fourth-order valence-corrected chi connectivity index (χ4v) is 3.59. The molecule has 1 aliphatic rings. The fraction of sp³-hybridized carbons (Fsp3) is 0.143. The molecular formula is C21H18O. The summed E-state index contributed by atoms with van der Waals surface area (Å²) in [5.41, 5.74) is 6.91. The molecule has 0 spiro atoms. The molecule has 3 aromatic rings. The van der Waals surface area contributed by atoms with E-state index in [0.29, 0.717) is 5.75 Å². The minimum absolute atomic E-state index is 0.0708. The summed E-state index contributed by atoms with van der Waals surface area (Å²) in [6, 6.07) is 22.7. The van der Waals surface area contributed by atoms with Crippen molar-refractivity contribution in [2.24, 2.45) is 0 Å². The van der Waals surface area contributed by atoms with Crippen molar-refractivity contribution in [1.82, 2.24) is 0 Å². The molecule has 0 fully saturated rings. The average Bonchev–Trinajstić information content (AvgIpc) is 2.76. The molecule has 0 saturated heterocycles. The molecule has 0 saturated carbocycles. The Kier molecular flexibility index (Phi) is 2.67. The lowest BCUT2D eigenvalue weighted by Gasteiger charge is -2.21. The number of fused-ring (bicyclic) bond motifs is 3. The van der Waals surface area contributed by atoms with E-state index in [1.54, 1.807) is 0 Å². The highest BCUT2D eigenvalue weighted by molar-refractivity contribution is 5.86. The molecule has 0 atom stereocenters. The Morgan fingerprint density at radius 1 is 0.682 bits per heavy atom. The van der Waals surface area contributed by atoms with Gasteiger partial charge >= 0.3 is 0 Å². The second-order valence-electron chi connectivity index (χ2n) is 6.45. The Morgan fingerprint density at radius 3 is 2.14 bits per heavy atom. The van der Waals surface area contributed by atoms with Crippen molar-refractivity contribution in [2.45, 2.75) is 19.3 Å². The average molecular weight is 286 g/mol. The first kappa shape index (κ1) is 13.1.